The molecule has 0 saturated heterocycles. The zero-order valence-electron chi connectivity index (χ0n) is 23.4. The maximum absolute atomic E-state index is 12.0. The first-order chi connectivity index (χ1) is 18.6. The number of unbranched alkanes of at least 4 members (excludes halogenated alkanes) is 8. The Hall–Kier alpha value is -2.81. The van der Waals surface area contributed by atoms with Crippen molar-refractivity contribution >= 4 is 31.2 Å². The second-order valence-corrected chi connectivity index (χ2v) is 8.92. The number of aliphatic imine (C=N–C) groups is 3. The molecule has 0 amide bonds. The quantitative estimate of drug-likeness (QED) is 0.0530. The molecule has 9 nitrogen and oxygen atoms in total. The molecule has 2 N–H and O–H groups in total. The molecule has 0 fully saturated rings. The van der Waals surface area contributed by atoms with Crippen molar-refractivity contribution in [1.82, 2.24) is 5.32 Å². The third-order valence-electron chi connectivity index (χ3n) is 5.50. The van der Waals surface area contributed by atoms with Gasteiger partial charge in [-0.3, -0.25) is 24.6 Å². The molecule has 0 aliphatic carbocycles. The summed E-state index contributed by atoms with van der Waals surface area (Å²) in [5.41, 5.74) is 0. The number of carbonyl (C=O) groups excluding carboxylic acids is 2. The molecule has 1 atom stereocenters. The summed E-state index contributed by atoms with van der Waals surface area (Å²) < 4.78 is 10.4. The van der Waals surface area contributed by atoms with Gasteiger partial charge in [0.1, 0.15) is 13.3 Å². The average molecular weight is 535 g/mol. The lowest BCUT2D eigenvalue weighted by atomic mass is 10.1. The lowest BCUT2D eigenvalue weighted by molar-refractivity contribution is -0.161. The smallest absolute Gasteiger partial charge is 0.306 e. The van der Waals surface area contributed by atoms with E-state index in [1.165, 1.54) is 0 Å². The molecule has 0 aromatic carbocycles. The minimum absolute atomic E-state index is 0.105. The van der Waals surface area contributed by atoms with E-state index in [1.54, 1.807) is 13.4 Å². The molecule has 0 radical (unpaired) electrons. The zero-order chi connectivity index (χ0) is 27.9. The van der Waals surface area contributed by atoms with Gasteiger partial charge in [0, 0.05) is 39.1 Å². The predicted molar refractivity (Wildman–Crippen MR) is 156 cm³/mol. The molecule has 0 aromatic rings. The molecular weight excluding hydrogens is 484 g/mol. The first kappa shape index (κ1) is 35.2. The van der Waals surface area contributed by atoms with E-state index in [-0.39, 0.29) is 25.2 Å². The zero-order valence-corrected chi connectivity index (χ0v) is 23.4. The minimum atomic E-state index is -0.807. The van der Waals surface area contributed by atoms with Crippen LogP contribution in [0.15, 0.2) is 39.3 Å². The Labute approximate surface area is 229 Å². The molecule has 0 rings (SSSR count). The topological polar surface area (TPSA) is 122 Å². The van der Waals surface area contributed by atoms with Gasteiger partial charge in [0.15, 0.2) is 6.10 Å². The lowest BCUT2D eigenvalue weighted by Crippen LogP contribution is -2.28. The molecule has 0 spiro atoms. The van der Waals surface area contributed by atoms with Crippen molar-refractivity contribution in [2.75, 3.05) is 33.5 Å². The van der Waals surface area contributed by atoms with E-state index in [4.69, 9.17) is 9.47 Å². The van der Waals surface area contributed by atoms with Crippen molar-refractivity contribution in [3.8, 4) is 0 Å². The van der Waals surface area contributed by atoms with Gasteiger partial charge in [0.25, 0.3) is 0 Å². The van der Waals surface area contributed by atoms with Gasteiger partial charge >= 0.3 is 11.9 Å². The molecule has 0 bridgehead atoms. The third-order valence-corrected chi connectivity index (χ3v) is 5.50. The highest BCUT2D eigenvalue weighted by Crippen LogP contribution is 2.09. The van der Waals surface area contributed by atoms with Crippen molar-refractivity contribution in [3.05, 3.63) is 24.3 Å². The maximum Gasteiger partial charge on any atom is 0.306 e. The van der Waals surface area contributed by atoms with E-state index in [1.807, 2.05) is 6.21 Å². The number of rotatable bonds is 26. The standard InChI is InChI=1S/C29H50N4O5/c1-30-25-32-21-17-13-9-5-3-7-11-15-19-28(35)37-24-27(23-34)38-29(36)20-16-12-8-4-6-10-14-18-22-33-26-31-2/h9-10,13-14,22,25,27,34H,2-8,11-12,15-21,23-24,26H2,1H3,(H,30,32)/b13-9+,14-10-,33-22?. The Kier molecular flexibility index (Phi) is 26.6. The van der Waals surface area contributed by atoms with Crippen LogP contribution in [-0.4, -0.2) is 75.9 Å². The van der Waals surface area contributed by atoms with Crippen LogP contribution in [0.4, 0.5) is 0 Å². The molecule has 9 heteroatoms. The summed E-state index contributed by atoms with van der Waals surface area (Å²) in [4.78, 5) is 35.5. The molecule has 0 aliphatic heterocycles. The minimum Gasteiger partial charge on any atom is -0.462 e. The van der Waals surface area contributed by atoms with Gasteiger partial charge in [-0.05, 0) is 51.7 Å². The molecule has 0 aliphatic rings. The molecule has 0 heterocycles. The third kappa shape index (κ3) is 26.3. The fraction of sp³-hybridized carbons (Fsp3) is 0.690. The van der Waals surface area contributed by atoms with Crippen molar-refractivity contribution in [3.63, 3.8) is 0 Å². The van der Waals surface area contributed by atoms with E-state index in [0.717, 1.165) is 83.6 Å². The van der Waals surface area contributed by atoms with Crippen molar-refractivity contribution < 1.29 is 24.2 Å². The van der Waals surface area contributed by atoms with Crippen LogP contribution in [0.5, 0.6) is 0 Å². The Morgan fingerprint density at radius 1 is 0.895 bits per heavy atom. The van der Waals surface area contributed by atoms with Crippen LogP contribution < -0.4 is 5.32 Å². The summed E-state index contributed by atoms with van der Waals surface area (Å²) in [5, 5.41) is 12.5. The van der Waals surface area contributed by atoms with Gasteiger partial charge in [0.2, 0.25) is 0 Å². The number of nitrogens with zero attached hydrogens (tertiary/aromatic N) is 3. The maximum atomic E-state index is 12.0. The number of ether oxygens (including phenoxy) is 2. The van der Waals surface area contributed by atoms with Crippen LogP contribution in [0.25, 0.3) is 0 Å². The van der Waals surface area contributed by atoms with Crippen LogP contribution in [0.3, 0.4) is 0 Å². The summed E-state index contributed by atoms with van der Waals surface area (Å²) in [6.07, 6.45) is 23.4. The normalized spacial score (nSPS) is 12.6. The monoisotopic (exact) mass is 534 g/mol. The van der Waals surface area contributed by atoms with Gasteiger partial charge in [-0.25, -0.2) is 0 Å². The highest BCUT2D eigenvalue weighted by Gasteiger charge is 2.16. The number of allylic oxidation sites excluding steroid dienone is 3. The number of aliphatic hydroxyl groups is 1. The second-order valence-electron chi connectivity index (χ2n) is 8.92. The van der Waals surface area contributed by atoms with E-state index in [2.05, 4.69) is 51.3 Å². The fourth-order valence-corrected chi connectivity index (χ4v) is 3.42. The van der Waals surface area contributed by atoms with Gasteiger partial charge < -0.3 is 19.9 Å². The van der Waals surface area contributed by atoms with Gasteiger partial charge in [-0.15, -0.1) is 0 Å². The Balaban J connectivity index is 3.68. The number of hydrogen-bond acceptors (Lipinski definition) is 8. The van der Waals surface area contributed by atoms with E-state index >= 15 is 0 Å². The first-order valence-electron chi connectivity index (χ1n) is 13.9. The van der Waals surface area contributed by atoms with Gasteiger partial charge in [0.05, 0.1) is 12.9 Å². The predicted octanol–water partition coefficient (Wildman–Crippen LogP) is 4.98. The van der Waals surface area contributed by atoms with Crippen molar-refractivity contribution in [2.45, 2.75) is 96.0 Å². The molecule has 1 unspecified atom stereocenters. The van der Waals surface area contributed by atoms with Crippen LogP contribution in [0, 0.1) is 0 Å². The van der Waals surface area contributed by atoms with Crippen molar-refractivity contribution in [1.29, 1.82) is 0 Å². The second kappa shape index (κ2) is 28.8. The van der Waals surface area contributed by atoms with E-state index in [0.29, 0.717) is 19.5 Å². The van der Waals surface area contributed by atoms with Crippen LogP contribution in [0.2, 0.25) is 0 Å². The number of esters is 2. The number of nitrogens with one attached hydrogen (secondary N) is 1. The largest absolute Gasteiger partial charge is 0.462 e. The summed E-state index contributed by atoms with van der Waals surface area (Å²) >= 11 is 0. The summed E-state index contributed by atoms with van der Waals surface area (Å²) in [6, 6.07) is 0. The van der Waals surface area contributed by atoms with E-state index < -0.39 is 6.10 Å². The number of aliphatic hydroxyl groups excluding tert-OH is 1. The van der Waals surface area contributed by atoms with Crippen molar-refractivity contribution in [2.24, 2.45) is 15.0 Å². The Bertz CT molecular complexity index is 707. The summed E-state index contributed by atoms with van der Waals surface area (Å²) in [6.45, 7) is 4.20. The van der Waals surface area contributed by atoms with Crippen LogP contribution in [-0.2, 0) is 19.1 Å². The Morgan fingerprint density at radius 3 is 2.18 bits per heavy atom. The number of carbonyl (C=O) groups is 2. The molecule has 38 heavy (non-hydrogen) atoms. The van der Waals surface area contributed by atoms with Crippen LogP contribution in [0.1, 0.15) is 89.9 Å². The summed E-state index contributed by atoms with van der Waals surface area (Å²) in [7, 11) is 1.74. The molecule has 0 saturated carbocycles. The molecule has 216 valence electrons. The van der Waals surface area contributed by atoms with Gasteiger partial charge in [-0.2, -0.15) is 0 Å². The fourth-order valence-electron chi connectivity index (χ4n) is 3.42. The molecular formula is C29H50N4O5. The number of hydrogen-bond donors (Lipinski definition) is 2. The van der Waals surface area contributed by atoms with Crippen LogP contribution >= 0.6 is 0 Å². The lowest BCUT2D eigenvalue weighted by Gasteiger charge is -2.15. The molecule has 0 aromatic heterocycles. The first-order valence-corrected chi connectivity index (χ1v) is 13.9. The average Bonchev–Trinajstić information content (AvgIpc) is 2.92. The SMILES string of the molecule is C=NCN=CC/C=C\CCCCCCC(=O)OC(CO)COC(=O)CCCCCC/C=C/CCNC=NC. The highest BCUT2D eigenvalue weighted by atomic mass is 16.6. The summed E-state index contributed by atoms with van der Waals surface area (Å²) in [5.74, 6) is -0.689. The van der Waals surface area contributed by atoms with E-state index in [9.17, 15) is 14.7 Å². The highest BCUT2D eigenvalue weighted by molar-refractivity contribution is 5.70. The van der Waals surface area contributed by atoms with Gasteiger partial charge in [-0.1, -0.05) is 50.0 Å². The Morgan fingerprint density at radius 2 is 1.53 bits per heavy atom.